The summed E-state index contributed by atoms with van der Waals surface area (Å²) >= 11 is 0. The number of nitrogens with one attached hydrogen (secondary N) is 1. The lowest BCUT2D eigenvalue weighted by Gasteiger charge is -2.36. The topological polar surface area (TPSA) is 70.1 Å². The monoisotopic (exact) mass is 417 g/mol. The first kappa shape index (κ1) is 24.0. The number of pyridine rings is 1. The van der Waals surface area contributed by atoms with Crippen molar-refractivity contribution in [3.05, 3.63) is 29.6 Å². The number of aromatic nitrogens is 1. The van der Waals surface area contributed by atoms with Gasteiger partial charge in [-0.2, -0.15) is 0 Å². The first-order valence-corrected chi connectivity index (χ1v) is 11.1. The maximum absolute atomic E-state index is 12.4. The molecule has 1 aliphatic rings. The van der Waals surface area contributed by atoms with Gasteiger partial charge in [0.15, 0.2) is 5.96 Å². The van der Waals surface area contributed by atoms with Gasteiger partial charge in [0, 0.05) is 38.9 Å². The quantitative estimate of drug-likeness (QED) is 0.563. The number of rotatable bonds is 6. The molecule has 0 spiro atoms. The van der Waals surface area contributed by atoms with E-state index in [0.29, 0.717) is 19.0 Å². The number of aliphatic imine (C=N–C) groups is 1. The second kappa shape index (κ2) is 11.2. The molecule has 2 heterocycles. The number of amides is 1. The molecule has 1 N–H and O–H groups in total. The Morgan fingerprint density at radius 3 is 2.60 bits per heavy atom. The van der Waals surface area contributed by atoms with Crippen LogP contribution in [0.25, 0.3) is 0 Å². The number of carbonyl (C=O) groups is 1. The van der Waals surface area contributed by atoms with Crippen molar-refractivity contribution in [2.75, 3.05) is 32.7 Å². The molecule has 7 heteroatoms. The molecular formula is C23H39N5O2. The van der Waals surface area contributed by atoms with Crippen molar-refractivity contribution >= 4 is 12.1 Å². The van der Waals surface area contributed by atoms with Gasteiger partial charge in [-0.1, -0.05) is 6.07 Å². The van der Waals surface area contributed by atoms with Gasteiger partial charge < -0.3 is 19.9 Å². The van der Waals surface area contributed by atoms with Gasteiger partial charge in [-0.05, 0) is 71.9 Å². The smallest absolute Gasteiger partial charge is 0.410 e. The summed E-state index contributed by atoms with van der Waals surface area (Å²) in [5.41, 5.74) is 1.72. The molecule has 1 amide bonds. The van der Waals surface area contributed by atoms with Crippen LogP contribution in [0.1, 0.15) is 58.7 Å². The molecule has 2 rings (SSSR count). The molecule has 0 saturated carbocycles. The van der Waals surface area contributed by atoms with Crippen LogP contribution in [-0.2, 0) is 11.3 Å². The molecule has 1 aromatic rings. The van der Waals surface area contributed by atoms with Crippen molar-refractivity contribution in [2.45, 2.75) is 66.5 Å². The SMILES string of the molecule is CCNC(=NCc1ncccc1C)N1CCC(CN(CC)C(=O)OC(C)(C)C)CC1. The van der Waals surface area contributed by atoms with Crippen LogP contribution in [0.3, 0.4) is 0 Å². The van der Waals surface area contributed by atoms with E-state index in [4.69, 9.17) is 9.73 Å². The number of carbonyl (C=O) groups excluding carboxylic acids is 1. The van der Waals surface area contributed by atoms with Gasteiger partial charge in [0.2, 0.25) is 0 Å². The number of guanidine groups is 1. The summed E-state index contributed by atoms with van der Waals surface area (Å²) in [6, 6.07) is 4.02. The zero-order chi connectivity index (χ0) is 22.1. The third-order valence-electron chi connectivity index (χ3n) is 5.26. The standard InChI is InChI=1S/C23H39N5O2/c1-7-24-21(26-16-20-18(3)10-9-13-25-20)28-14-11-19(12-15-28)17-27(8-2)22(29)30-23(4,5)6/h9-10,13,19H,7-8,11-12,14-17H2,1-6H3,(H,24,26). The molecule has 0 unspecified atom stereocenters. The molecule has 1 saturated heterocycles. The lowest BCUT2D eigenvalue weighted by molar-refractivity contribution is 0.0214. The Morgan fingerprint density at radius 1 is 1.33 bits per heavy atom. The van der Waals surface area contributed by atoms with Crippen LogP contribution in [0, 0.1) is 12.8 Å². The van der Waals surface area contributed by atoms with Crippen molar-refractivity contribution in [2.24, 2.45) is 10.9 Å². The first-order valence-electron chi connectivity index (χ1n) is 11.1. The normalized spacial score (nSPS) is 15.8. The summed E-state index contributed by atoms with van der Waals surface area (Å²) in [4.78, 5) is 25.8. The third kappa shape index (κ3) is 7.50. The van der Waals surface area contributed by atoms with Crippen LogP contribution in [0.5, 0.6) is 0 Å². The van der Waals surface area contributed by atoms with Gasteiger partial charge in [0.1, 0.15) is 5.60 Å². The molecular weight excluding hydrogens is 378 g/mol. The lowest BCUT2D eigenvalue weighted by Crippen LogP contribution is -2.47. The third-order valence-corrected chi connectivity index (χ3v) is 5.26. The fourth-order valence-corrected chi connectivity index (χ4v) is 3.56. The Morgan fingerprint density at radius 2 is 2.03 bits per heavy atom. The Hall–Kier alpha value is -2.31. The van der Waals surface area contributed by atoms with Crippen LogP contribution in [0.2, 0.25) is 0 Å². The van der Waals surface area contributed by atoms with Gasteiger partial charge >= 0.3 is 6.09 Å². The van der Waals surface area contributed by atoms with Crippen LogP contribution < -0.4 is 5.32 Å². The average molecular weight is 418 g/mol. The number of hydrogen-bond donors (Lipinski definition) is 1. The minimum atomic E-state index is -0.461. The molecule has 0 aliphatic carbocycles. The molecule has 0 atom stereocenters. The van der Waals surface area contributed by atoms with Gasteiger partial charge in [-0.3, -0.25) is 4.98 Å². The summed E-state index contributed by atoms with van der Waals surface area (Å²) in [5, 5.41) is 3.42. The molecule has 1 fully saturated rings. The largest absolute Gasteiger partial charge is 0.444 e. The van der Waals surface area contributed by atoms with E-state index in [1.54, 1.807) is 0 Å². The Kier molecular flexibility index (Phi) is 8.93. The summed E-state index contributed by atoms with van der Waals surface area (Å²) in [6.45, 7) is 16.6. The lowest BCUT2D eigenvalue weighted by atomic mass is 9.96. The minimum Gasteiger partial charge on any atom is -0.444 e. The van der Waals surface area contributed by atoms with Gasteiger partial charge in [-0.15, -0.1) is 0 Å². The Bertz CT molecular complexity index is 706. The van der Waals surface area contributed by atoms with Gasteiger partial charge in [-0.25, -0.2) is 9.79 Å². The van der Waals surface area contributed by atoms with Crippen molar-refractivity contribution in [3.8, 4) is 0 Å². The maximum atomic E-state index is 12.4. The van der Waals surface area contributed by atoms with Gasteiger partial charge in [0.25, 0.3) is 0 Å². The highest BCUT2D eigenvalue weighted by atomic mass is 16.6. The summed E-state index contributed by atoms with van der Waals surface area (Å²) in [6.07, 6.45) is 3.67. The van der Waals surface area contributed by atoms with Crippen LogP contribution in [0.15, 0.2) is 23.3 Å². The van der Waals surface area contributed by atoms with Gasteiger partial charge in [0.05, 0.1) is 12.2 Å². The fourth-order valence-electron chi connectivity index (χ4n) is 3.56. The van der Waals surface area contributed by atoms with E-state index in [1.165, 1.54) is 0 Å². The second-order valence-electron chi connectivity index (χ2n) is 8.89. The van der Waals surface area contributed by atoms with E-state index < -0.39 is 5.60 Å². The van der Waals surface area contributed by atoms with Crippen molar-refractivity contribution in [3.63, 3.8) is 0 Å². The highest BCUT2D eigenvalue weighted by Gasteiger charge is 2.27. The van der Waals surface area contributed by atoms with E-state index in [0.717, 1.165) is 56.2 Å². The average Bonchev–Trinajstić information content (AvgIpc) is 2.69. The predicted molar refractivity (Wildman–Crippen MR) is 122 cm³/mol. The predicted octanol–water partition coefficient (Wildman–Crippen LogP) is 3.82. The van der Waals surface area contributed by atoms with E-state index in [9.17, 15) is 4.79 Å². The van der Waals surface area contributed by atoms with E-state index in [-0.39, 0.29) is 6.09 Å². The molecule has 168 valence electrons. The molecule has 0 aromatic carbocycles. The number of nitrogens with zero attached hydrogens (tertiary/aromatic N) is 4. The zero-order valence-electron chi connectivity index (χ0n) is 19.6. The van der Waals surface area contributed by atoms with E-state index in [2.05, 4.69) is 35.1 Å². The molecule has 0 radical (unpaired) electrons. The van der Waals surface area contributed by atoms with Crippen LogP contribution in [-0.4, -0.2) is 65.2 Å². The van der Waals surface area contributed by atoms with Crippen LogP contribution >= 0.6 is 0 Å². The molecule has 1 aliphatic heterocycles. The fraction of sp³-hybridized carbons (Fsp3) is 0.696. The Balaban J connectivity index is 1.92. The number of hydrogen-bond acceptors (Lipinski definition) is 4. The summed E-state index contributed by atoms with van der Waals surface area (Å²) < 4.78 is 5.55. The summed E-state index contributed by atoms with van der Waals surface area (Å²) in [7, 11) is 0. The number of aryl methyl sites for hydroxylation is 1. The molecule has 1 aromatic heterocycles. The first-order chi connectivity index (χ1) is 14.2. The maximum Gasteiger partial charge on any atom is 0.410 e. The number of piperidine rings is 1. The van der Waals surface area contributed by atoms with Crippen molar-refractivity contribution in [1.29, 1.82) is 0 Å². The molecule has 30 heavy (non-hydrogen) atoms. The van der Waals surface area contributed by atoms with Crippen LogP contribution in [0.4, 0.5) is 4.79 Å². The minimum absolute atomic E-state index is 0.215. The highest BCUT2D eigenvalue weighted by molar-refractivity contribution is 5.80. The Labute approximate surface area is 181 Å². The van der Waals surface area contributed by atoms with Crippen molar-refractivity contribution < 1.29 is 9.53 Å². The van der Waals surface area contributed by atoms with E-state index in [1.807, 2.05) is 44.9 Å². The van der Waals surface area contributed by atoms with E-state index >= 15 is 0 Å². The van der Waals surface area contributed by atoms with Crippen molar-refractivity contribution in [1.82, 2.24) is 20.1 Å². The summed E-state index contributed by atoms with van der Waals surface area (Å²) in [5.74, 6) is 1.43. The zero-order valence-corrected chi connectivity index (χ0v) is 19.6. The molecule has 7 nitrogen and oxygen atoms in total. The number of likely N-dealkylation sites (tertiary alicyclic amines) is 1. The second-order valence-corrected chi connectivity index (χ2v) is 8.89. The molecule has 0 bridgehead atoms. The highest BCUT2D eigenvalue weighted by Crippen LogP contribution is 2.20. The number of ether oxygens (including phenoxy) is 1.